The normalized spacial score (nSPS) is 12.4. The van der Waals surface area contributed by atoms with Gasteiger partial charge in [0.1, 0.15) is 0 Å². The Morgan fingerprint density at radius 2 is 0.636 bits per heavy atom. The quantitative estimate of drug-likeness (QED) is 0.158. The number of hydrogen-bond acceptors (Lipinski definition) is 1. The van der Waals surface area contributed by atoms with E-state index in [-0.39, 0.29) is 10.8 Å². The number of benzene rings is 8. The number of thiophene rings is 1. The third kappa shape index (κ3) is 6.35. The summed E-state index contributed by atoms with van der Waals surface area (Å²) < 4.78 is 2.66. The van der Waals surface area contributed by atoms with Crippen LogP contribution in [-0.2, 0) is 10.8 Å². The fourth-order valence-electron chi connectivity index (χ4n) is 8.35. The van der Waals surface area contributed by atoms with Crippen LogP contribution in [0.3, 0.4) is 0 Å². The number of aryl methyl sites for hydroxylation is 2. The van der Waals surface area contributed by atoms with Gasteiger partial charge in [0.25, 0.3) is 0 Å². The molecule has 0 nitrogen and oxygen atoms in total. The maximum atomic E-state index is 2.41. The van der Waals surface area contributed by atoms with E-state index in [0.717, 1.165) is 0 Å². The molecule has 0 saturated carbocycles. The molecule has 1 heteroatoms. The van der Waals surface area contributed by atoms with Crippen molar-refractivity contribution in [2.45, 2.75) is 66.2 Å². The maximum Gasteiger partial charge on any atom is 0.0355 e. The minimum atomic E-state index is 0.145. The Balaban J connectivity index is 1.07. The van der Waals surface area contributed by atoms with Crippen LogP contribution in [0.2, 0.25) is 0 Å². The molecule has 0 amide bonds. The summed E-state index contributed by atoms with van der Waals surface area (Å²) in [7, 11) is 0. The third-order valence-corrected chi connectivity index (χ3v) is 13.0. The molecule has 0 aliphatic carbocycles. The van der Waals surface area contributed by atoms with Gasteiger partial charge in [-0.15, -0.1) is 11.3 Å². The first-order valence-electron chi connectivity index (χ1n) is 19.6. The number of fused-ring (bicyclic) bond motifs is 5. The van der Waals surface area contributed by atoms with Gasteiger partial charge < -0.3 is 0 Å². The molecule has 0 aliphatic heterocycles. The molecule has 9 aromatic rings. The van der Waals surface area contributed by atoms with E-state index >= 15 is 0 Å². The van der Waals surface area contributed by atoms with E-state index in [2.05, 4.69) is 201 Å². The number of rotatable bonds is 4. The van der Waals surface area contributed by atoms with Crippen LogP contribution in [0.4, 0.5) is 0 Å². The van der Waals surface area contributed by atoms with Gasteiger partial charge in [0.15, 0.2) is 0 Å². The fourth-order valence-corrected chi connectivity index (χ4v) is 9.42. The molecule has 0 atom stereocenters. The van der Waals surface area contributed by atoms with Gasteiger partial charge in [0.05, 0.1) is 0 Å². The highest BCUT2D eigenvalue weighted by atomic mass is 32.1. The summed E-state index contributed by atoms with van der Waals surface area (Å²) >= 11 is 1.88. The molecule has 1 aromatic heterocycles. The SMILES string of the molecule is Cc1c2ccc(-c3ccc4sc5ccc(-c6ccc(C(C)(C)C)cc6)cc5c4c3)cc2c(C)c2ccc(-c3cccc(-c4ccc(C(C)(C)C)cc4)c3)cc12. The maximum absolute atomic E-state index is 2.41. The topological polar surface area (TPSA) is 0 Å². The molecule has 9 rings (SSSR count). The van der Waals surface area contributed by atoms with Crippen LogP contribution in [0.15, 0.2) is 146 Å². The molecular weight excluding hydrogens is 681 g/mol. The van der Waals surface area contributed by atoms with Gasteiger partial charge in [0, 0.05) is 20.2 Å². The lowest BCUT2D eigenvalue weighted by Crippen LogP contribution is -2.10. The van der Waals surface area contributed by atoms with Crippen LogP contribution in [-0.4, -0.2) is 0 Å². The Hall–Kier alpha value is -5.50. The van der Waals surface area contributed by atoms with Crippen molar-refractivity contribution in [2.75, 3.05) is 0 Å². The van der Waals surface area contributed by atoms with Crippen LogP contribution >= 0.6 is 11.3 Å². The van der Waals surface area contributed by atoms with E-state index < -0.39 is 0 Å². The summed E-state index contributed by atoms with van der Waals surface area (Å²) in [4.78, 5) is 0. The van der Waals surface area contributed by atoms with Gasteiger partial charge in [-0.25, -0.2) is 0 Å². The highest BCUT2D eigenvalue weighted by Crippen LogP contribution is 2.41. The third-order valence-electron chi connectivity index (χ3n) is 11.8. The first kappa shape index (κ1) is 35.2. The molecule has 0 bridgehead atoms. The first-order chi connectivity index (χ1) is 26.3. The van der Waals surface area contributed by atoms with E-state index in [1.807, 2.05) is 11.3 Å². The molecule has 55 heavy (non-hydrogen) atoms. The fraction of sp³-hybridized carbons (Fsp3) is 0.185. The Labute approximate surface area is 330 Å². The molecule has 0 N–H and O–H groups in total. The average Bonchev–Trinajstić information content (AvgIpc) is 3.56. The zero-order valence-electron chi connectivity index (χ0n) is 33.3. The Kier molecular flexibility index (Phi) is 8.37. The van der Waals surface area contributed by atoms with Crippen molar-refractivity contribution < 1.29 is 0 Å². The molecule has 0 unspecified atom stereocenters. The Morgan fingerprint density at radius 1 is 0.309 bits per heavy atom. The highest BCUT2D eigenvalue weighted by Gasteiger charge is 2.16. The van der Waals surface area contributed by atoms with Crippen molar-refractivity contribution in [1.82, 2.24) is 0 Å². The number of hydrogen-bond donors (Lipinski definition) is 0. The molecule has 8 aromatic carbocycles. The van der Waals surface area contributed by atoms with E-state index in [1.54, 1.807) is 0 Å². The van der Waals surface area contributed by atoms with Crippen molar-refractivity contribution in [3.05, 3.63) is 168 Å². The van der Waals surface area contributed by atoms with Crippen LogP contribution in [0.25, 0.3) is 86.2 Å². The van der Waals surface area contributed by atoms with Gasteiger partial charge in [-0.05, 0) is 155 Å². The van der Waals surface area contributed by atoms with Gasteiger partial charge in [0.2, 0.25) is 0 Å². The summed E-state index contributed by atoms with van der Waals surface area (Å²) in [6.07, 6.45) is 0. The van der Waals surface area contributed by atoms with Crippen molar-refractivity contribution in [2.24, 2.45) is 0 Å². The second kappa shape index (κ2) is 13.1. The van der Waals surface area contributed by atoms with Gasteiger partial charge in [-0.3, -0.25) is 0 Å². The lowest BCUT2D eigenvalue weighted by molar-refractivity contribution is 0.590. The molecule has 0 fully saturated rings. The summed E-state index contributed by atoms with van der Waals surface area (Å²) in [5.41, 5.74) is 15.7. The van der Waals surface area contributed by atoms with Gasteiger partial charge >= 0.3 is 0 Å². The van der Waals surface area contributed by atoms with Crippen LogP contribution in [0, 0.1) is 13.8 Å². The predicted molar refractivity (Wildman–Crippen MR) is 243 cm³/mol. The second-order valence-corrected chi connectivity index (χ2v) is 18.6. The summed E-state index contributed by atoms with van der Waals surface area (Å²) in [5, 5.41) is 7.95. The van der Waals surface area contributed by atoms with Crippen molar-refractivity contribution >= 4 is 53.1 Å². The molecular formula is C54H48S. The van der Waals surface area contributed by atoms with Crippen LogP contribution < -0.4 is 0 Å². The lowest BCUT2D eigenvalue weighted by Gasteiger charge is -2.19. The summed E-state index contributed by atoms with van der Waals surface area (Å²) in [5.74, 6) is 0. The average molecular weight is 729 g/mol. The molecule has 270 valence electrons. The lowest BCUT2D eigenvalue weighted by atomic mass is 9.86. The van der Waals surface area contributed by atoms with E-state index in [9.17, 15) is 0 Å². The first-order valence-corrected chi connectivity index (χ1v) is 20.4. The second-order valence-electron chi connectivity index (χ2n) is 17.5. The molecule has 0 radical (unpaired) electrons. The Bertz CT molecular complexity index is 2920. The van der Waals surface area contributed by atoms with E-state index in [0.29, 0.717) is 0 Å². The Morgan fingerprint density at radius 3 is 1.05 bits per heavy atom. The van der Waals surface area contributed by atoms with E-state index in [4.69, 9.17) is 0 Å². The van der Waals surface area contributed by atoms with Crippen molar-refractivity contribution in [3.63, 3.8) is 0 Å². The molecule has 0 saturated heterocycles. The minimum Gasteiger partial charge on any atom is -0.135 e. The zero-order chi connectivity index (χ0) is 38.2. The molecule has 0 aliphatic rings. The predicted octanol–water partition coefficient (Wildman–Crippen LogP) is 16.2. The van der Waals surface area contributed by atoms with Crippen molar-refractivity contribution in [3.8, 4) is 44.5 Å². The van der Waals surface area contributed by atoms with Crippen LogP contribution in [0.5, 0.6) is 0 Å². The van der Waals surface area contributed by atoms with Gasteiger partial charge in [-0.2, -0.15) is 0 Å². The van der Waals surface area contributed by atoms with Crippen LogP contribution in [0.1, 0.15) is 63.8 Å². The molecule has 0 spiro atoms. The monoisotopic (exact) mass is 728 g/mol. The summed E-state index contributed by atoms with van der Waals surface area (Å²) in [6, 6.07) is 55.2. The smallest absolute Gasteiger partial charge is 0.0355 e. The van der Waals surface area contributed by atoms with Gasteiger partial charge in [-0.1, -0.05) is 145 Å². The zero-order valence-corrected chi connectivity index (χ0v) is 34.1. The summed E-state index contributed by atoms with van der Waals surface area (Å²) in [6.45, 7) is 18.2. The standard InChI is InChI=1S/C54H48S/c1-33-46-25-17-41(42-19-27-52-50(32-42)49-31-39(18-26-51(49)55-52)36-14-22-44(23-15-36)54(6,7)8)30-48(46)34(2)45-24-16-40(29-47(33)45)38-11-9-10-37(28-38)35-12-20-43(21-13-35)53(3,4)5/h9-32H,1-8H3. The molecule has 1 heterocycles. The van der Waals surface area contributed by atoms with E-state index in [1.165, 1.54) is 108 Å². The highest BCUT2D eigenvalue weighted by molar-refractivity contribution is 7.25. The van der Waals surface area contributed by atoms with Crippen molar-refractivity contribution in [1.29, 1.82) is 0 Å². The largest absolute Gasteiger partial charge is 0.135 e. The minimum absolute atomic E-state index is 0.145.